The molecule has 0 fully saturated rings. The van der Waals surface area contributed by atoms with Gasteiger partial charge in [-0.15, -0.1) is 0 Å². The van der Waals surface area contributed by atoms with E-state index in [2.05, 4.69) is 20.6 Å². The number of aromatic nitrogens is 2. The van der Waals surface area contributed by atoms with Gasteiger partial charge in [-0.2, -0.15) is 5.26 Å². The smallest absolute Gasteiger partial charge is 0.237 e. The fourth-order valence-corrected chi connectivity index (χ4v) is 5.26. The number of hydrogen-bond donors (Lipinski definition) is 2. The minimum absolute atomic E-state index is 0.107. The second-order valence-corrected chi connectivity index (χ2v) is 10.7. The summed E-state index contributed by atoms with van der Waals surface area (Å²) in [6.45, 7) is 0. The van der Waals surface area contributed by atoms with Crippen LogP contribution in [0.25, 0.3) is 17.0 Å². The quantitative estimate of drug-likeness (QED) is 0.158. The number of ether oxygens (including phenoxy) is 2. The van der Waals surface area contributed by atoms with Crippen LogP contribution in [0.1, 0.15) is 5.56 Å². The average Bonchev–Trinajstić information content (AvgIpc) is 2.92. The lowest BCUT2D eigenvalue weighted by Gasteiger charge is -2.15. The SMILES string of the molecule is COc1cc2nc(S(=O)CC(=O)Nc3cccc(Cl)c3)nc(Nc3c(Cl)cc(/C=C/C#N)cc3Cl)c2cc1OC. The van der Waals surface area contributed by atoms with Crippen molar-refractivity contribution >= 4 is 85.7 Å². The average molecular weight is 617 g/mol. The molecule has 2 N–H and O–H groups in total. The number of anilines is 3. The third-order valence-corrected chi connectivity index (χ3v) is 7.36. The highest BCUT2D eigenvalue weighted by atomic mass is 35.5. The van der Waals surface area contributed by atoms with E-state index >= 15 is 0 Å². The van der Waals surface area contributed by atoms with E-state index in [0.717, 1.165) is 0 Å². The molecule has 0 bridgehead atoms. The molecule has 0 aliphatic heterocycles. The summed E-state index contributed by atoms with van der Waals surface area (Å²) in [5.74, 6) is 0.0869. The fraction of sp³-hybridized carbons (Fsp3) is 0.111. The van der Waals surface area contributed by atoms with Crippen LogP contribution in [0.5, 0.6) is 11.5 Å². The summed E-state index contributed by atoms with van der Waals surface area (Å²) in [6, 6.07) is 15.0. The van der Waals surface area contributed by atoms with Gasteiger partial charge >= 0.3 is 0 Å². The van der Waals surface area contributed by atoms with Gasteiger partial charge in [-0.25, -0.2) is 9.97 Å². The van der Waals surface area contributed by atoms with Crippen molar-refractivity contribution in [3.8, 4) is 17.6 Å². The highest BCUT2D eigenvalue weighted by Gasteiger charge is 2.20. The summed E-state index contributed by atoms with van der Waals surface area (Å²) in [7, 11) is 1.03. The van der Waals surface area contributed by atoms with Gasteiger partial charge in [0.25, 0.3) is 0 Å². The van der Waals surface area contributed by atoms with Gasteiger partial charge in [0.2, 0.25) is 11.1 Å². The van der Waals surface area contributed by atoms with Crippen molar-refractivity contribution in [3.63, 3.8) is 0 Å². The Morgan fingerprint density at radius 1 is 1.05 bits per heavy atom. The van der Waals surface area contributed by atoms with Crippen molar-refractivity contribution < 1.29 is 18.5 Å². The Hall–Kier alpha value is -3.88. The van der Waals surface area contributed by atoms with E-state index in [9.17, 15) is 9.00 Å². The molecule has 0 saturated heterocycles. The molecule has 0 radical (unpaired) electrons. The summed E-state index contributed by atoms with van der Waals surface area (Å²) >= 11 is 19.0. The topological polar surface area (TPSA) is 126 Å². The van der Waals surface area contributed by atoms with Crippen molar-refractivity contribution in [2.24, 2.45) is 0 Å². The number of nitriles is 1. The first-order chi connectivity index (χ1) is 19.2. The molecule has 1 amide bonds. The van der Waals surface area contributed by atoms with E-state index in [1.165, 1.54) is 20.3 Å². The minimum atomic E-state index is -1.94. The van der Waals surface area contributed by atoms with Crippen molar-refractivity contribution in [3.05, 3.63) is 75.2 Å². The van der Waals surface area contributed by atoms with Crippen molar-refractivity contribution in [1.29, 1.82) is 5.26 Å². The molecular formula is C27H20Cl3N5O4S. The third kappa shape index (κ3) is 6.81. The molecule has 0 aliphatic rings. The summed E-state index contributed by atoms with van der Waals surface area (Å²) in [4.78, 5) is 21.5. The molecule has 4 rings (SSSR count). The highest BCUT2D eigenvalue weighted by molar-refractivity contribution is 7.85. The number of halogens is 3. The lowest BCUT2D eigenvalue weighted by molar-refractivity contribution is -0.113. The van der Waals surface area contributed by atoms with E-state index in [-0.39, 0.29) is 21.0 Å². The van der Waals surface area contributed by atoms with Gasteiger partial charge in [-0.1, -0.05) is 40.9 Å². The molecule has 0 saturated carbocycles. The van der Waals surface area contributed by atoms with Crippen molar-refractivity contribution in [2.75, 3.05) is 30.6 Å². The maximum Gasteiger partial charge on any atom is 0.237 e. The van der Waals surface area contributed by atoms with Crippen LogP contribution >= 0.6 is 34.8 Å². The minimum Gasteiger partial charge on any atom is -0.493 e. The lowest BCUT2D eigenvalue weighted by Crippen LogP contribution is -2.20. The number of carbonyl (C=O) groups excluding carboxylic acids is 1. The summed E-state index contributed by atoms with van der Waals surface area (Å²) < 4.78 is 24.1. The van der Waals surface area contributed by atoms with Crippen LogP contribution in [0.3, 0.4) is 0 Å². The largest absolute Gasteiger partial charge is 0.493 e. The summed E-state index contributed by atoms with van der Waals surface area (Å²) in [6.07, 6.45) is 2.87. The van der Waals surface area contributed by atoms with Gasteiger partial charge < -0.3 is 20.1 Å². The third-order valence-electron chi connectivity index (χ3n) is 5.41. The molecule has 0 aliphatic carbocycles. The molecule has 204 valence electrons. The predicted molar refractivity (Wildman–Crippen MR) is 158 cm³/mol. The number of nitrogens with zero attached hydrogens (tertiary/aromatic N) is 3. The van der Waals surface area contributed by atoms with Crippen LogP contribution in [0.15, 0.2) is 59.8 Å². The van der Waals surface area contributed by atoms with Crippen LogP contribution in [-0.4, -0.2) is 40.1 Å². The number of hydrogen-bond acceptors (Lipinski definition) is 8. The standard InChI is InChI=1S/C27H20Cl3N5O4S/c1-38-22-12-18-21(13-23(22)39-2)33-27(40(37)14-24(36)32-17-7-3-6-16(28)11-17)35-26(18)34-25-19(29)9-15(5-4-8-31)10-20(25)30/h3-7,9-13H,14H2,1-2H3,(H,32,36)(H,33,34,35)/b5-4+. The molecule has 3 aromatic carbocycles. The fourth-order valence-electron chi connectivity index (χ4n) is 3.64. The van der Waals surface area contributed by atoms with Crippen molar-refractivity contribution in [2.45, 2.75) is 5.16 Å². The predicted octanol–water partition coefficient (Wildman–Crippen LogP) is 6.63. The first-order valence-electron chi connectivity index (χ1n) is 11.4. The Bertz CT molecular complexity index is 1690. The first kappa shape index (κ1) is 29.1. The second kappa shape index (κ2) is 13.0. The van der Waals surface area contributed by atoms with E-state index in [1.54, 1.807) is 54.6 Å². The number of carbonyl (C=O) groups is 1. The highest BCUT2D eigenvalue weighted by Crippen LogP contribution is 2.39. The molecule has 40 heavy (non-hydrogen) atoms. The molecular weight excluding hydrogens is 597 g/mol. The molecule has 9 nitrogen and oxygen atoms in total. The van der Waals surface area contributed by atoms with Crippen molar-refractivity contribution in [1.82, 2.24) is 9.97 Å². The summed E-state index contributed by atoms with van der Waals surface area (Å²) in [5.41, 5.74) is 1.77. The Balaban J connectivity index is 1.74. The van der Waals surface area contributed by atoms with Crippen LogP contribution in [-0.2, 0) is 15.6 Å². The maximum absolute atomic E-state index is 13.2. The molecule has 4 aromatic rings. The Morgan fingerprint density at radius 2 is 1.75 bits per heavy atom. The second-order valence-electron chi connectivity index (χ2n) is 8.07. The maximum atomic E-state index is 13.2. The molecule has 1 heterocycles. The normalized spacial score (nSPS) is 11.7. The zero-order valence-corrected chi connectivity index (χ0v) is 24.1. The number of benzene rings is 3. The van der Waals surface area contributed by atoms with Crippen LogP contribution in [0.2, 0.25) is 15.1 Å². The number of allylic oxidation sites excluding steroid dienone is 1. The molecule has 13 heteroatoms. The zero-order valence-electron chi connectivity index (χ0n) is 21.0. The van der Waals surface area contributed by atoms with E-state index in [0.29, 0.717) is 44.4 Å². The number of rotatable bonds is 9. The van der Waals surface area contributed by atoms with E-state index in [1.807, 2.05) is 6.07 Å². The molecule has 1 atom stereocenters. The number of methoxy groups -OCH3 is 2. The van der Waals surface area contributed by atoms with E-state index < -0.39 is 22.5 Å². The van der Waals surface area contributed by atoms with Gasteiger partial charge in [-0.05, 0) is 48.0 Å². The number of amides is 1. The molecule has 1 aromatic heterocycles. The Morgan fingerprint density at radius 3 is 2.40 bits per heavy atom. The van der Waals surface area contributed by atoms with Gasteiger partial charge in [0.1, 0.15) is 22.4 Å². The number of nitrogens with one attached hydrogen (secondary N) is 2. The Kier molecular flexibility index (Phi) is 9.45. The lowest BCUT2D eigenvalue weighted by atomic mass is 10.1. The van der Waals surface area contributed by atoms with E-state index in [4.69, 9.17) is 49.5 Å². The number of fused-ring (bicyclic) bond motifs is 1. The molecule has 0 spiro atoms. The zero-order chi connectivity index (χ0) is 28.8. The summed E-state index contributed by atoms with van der Waals surface area (Å²) in [5, 5.41) is 15.9. The van der Waals surface area contributed by atoms with Gasteiger partial charge in [0, 0.05) is 28.2 Å². The van der Waals surface area contributed by atoms with Gasteiger partial charge in [0.05, 0.1) is 41.5 Å². The van der Waals surface area contributed by atoms with Gasteiger partial charge in [0.15, 0.2) is 11.5 Å². The molecule has 1 unspecified atom stereocenters. The Labute approximate surface area is 247 Å². The van der Waals surface area contributed by atoms with Gasteiger partial charge in [-0.3, -0.25) is 9.00 Å². The van der Waals surface area contributed by atoms with Crippen LogP contribution < -0.4 is 20.1 Å². The van der Waals surface area contributed by atoms with Crippen LogP contribution in [0, 0.1) is 11.3 Å². The first-order valence-corrected chi connectivity index (χ1v) is 13.9. The monoisotopic (exact) mass is 615 g/mol. The van der Waals surface area contributed by atoms with Crippen LogP contribution in [0.4, 0.5) is 17.2 Å².